The molecule has 0 atom stereocenters. The van der Waals surface area contributed by atoms with Crippen LogP contribution in [0.4, 0.5) is 10.1 Å². The average Bonchev–Trinajstić information content (AvgIpc) is 3.53. The number of rotatable bonds is 12. The molecule has 0 aliphatic rings. The minimum Gasteiger partial charge on any atom is -0.496 e. The van der Waals surface area contributed by atoms with E-state index >= 15 is 0 Å². The van der Waals surface area contributed by atoms with Gasteiger partial charge in [-0.1, -0.05) is 36.4 Å². The van der Waals surface area contributed by atoms with E-state index in [1.807, 2.05) is 19.1 Å². The lowest BCUT2D eigenvalue weighted by Crippen LogP contribution is -2.21. The van der Waals surface area contributed by atoms with E-state index in [1.54, 1.807) is 67.8 Å². The van der Waals surface area contributed by atoms with Crippen molar-refractivity contribution < 1.29 is 27.8 Å². The molecule has 0 fully saturated rings. The number of fused-ring (bicyclic) bond motifs is 2. The van der Waals surface area contributed by atoms with Crippen molar-refractivity contribution in [3.8, 4) is 28.8 Å². The molecule has 6 aromatic rings. The van der Waals surface area contributed by atoms with Crippen molar-refractivity contribution in [1.82, 2.24) is 9.66 Å². The van der Waals surface area contributed by atoms with E-state index in [4.69, 9.17) is 23.6 Å². The first-order chi connectivity index (χ1) is 23.4. The third-order valence-electron chi connectivity index (χ3n) is 7.35. The van der Waals surface area contributed by atoms with E-state index in [-0.39, 0.29) is 11.5 Å². The van der Waals surface area contributed by atoms with Gasteiger partial charge in [0.2, 0.25) is 5.82 Å². The van der Waals surface area contributed by atoms with Gasteiger partial charge in [0.15, 0.2) is 23.9 Å². The van der Waals surface area contributed by atoms with Crippen LogP contribution in [0, 0.1) is 5.82 Å². The summed E-state index contributed by atoms with van der Waals surface area (Å²) < 4.78 is 38.7. The highest BCUT2D eigenvalue weighted by molar-refractivity contribution is 5.92. The molecule has 0 saturated heterocycles. The van der Waals surface area contributed by atoms with Crippen molar-refractivity contribution in [3.63, 3.8) is 0 Å². The summed E-state index contributed by atoms with van der Waals surface area (Å²) in [6, 6.07) is 23.6. The van der Waals surface area contributed by atoms with Gasteiger partial charge in [-0.3, -0.25) is 9.59 Å². The molecule has 242 valence electrons. The second-order valence-electron chi connectivity index (χ2n) is 10.5. The van der Waals surface area contributed by atoms with Crippen LogP contribution in [0.2, 0.25) is 0 Å². The Balaban J connectivity index is 1.38. The quantitative estimate of drug-likeness (QED) is 0.113. The topological polar surface area (TPSA) is 117 Å². The van der Waals surface area contributed by atoms with Gasteiger partial charge in [0, 0.05) is 5.56 Å². The zero-order valence-corrected chi connectivity index (χ0v) is 26.2. The molecule has 2 aromatic heterocycles. The standard InChI is InChI=1S/C37H31FN4O6/c1-4-11-24-18-23(19-32(46-5-2)35(24)47-22-34(43)40-29-15-9-7-13-27(29)38)21-39-42-36(41-28-14-8-6-12-25(28)37(42)44)33-20-26-30(45-3)16-10-17-31(26)48-33/h4,6-10,12-21H,1,5,11,22H2,2-3H3,(H,40,43). The number of benzene rings is 4. The summed E-state index contributed by atoms with van der Waals surface area (Å²) in [6.45, 7) is 5.58. The minimum atomic E-state index is -0.555. The van der Waals surface area contributed by atoms with Crippen LogP contribution < -0.4 is 25.1 Å². The van der Waals surface area contributed by atoms with E-state index in [0.29, 0.717) is 63.6 Å². The molecular formula is C37H31FN4O6. The summed E-state index contributed by atoms with van der Waals surface area (Å²) in [6.07, 6.45) is 3.56. The number of carbonyl (C=O) groups excluding carboxylic acids is 1. The van der Waals surface area contributed by atoms with Crippen LogP contribution in [0.3, 0.4) is 0 Å². The fourth-order valence-electron chi connectivity index (χ4n) is 5.22. The first-order valence-corrected chi connectivity index (χ1v) is 15.1. The predicted molar refractivity (Wildman–Crippen MR) is 183 cm³/mol. The molecule has 0 unspecified atom stereocenters. The SMILES string of the molecule is C=CCc1cc(C=Nn2c(-c3cc4c(OC)cccc4o3)nc3ccccc3c2=O)cc(OCC)c1OCC(=O)Nc1ccccc1F. The molecule has 0 aliphatic heterocycles. The highest BCUT2D eigenvalue weighted by Crippen LogP contribution is 2.35. The van der Waals surface area contributed by atoms with Gasteiger partial charge >= 0.3 is 0 Å². The number of aromatic nitrogens is 2. The maximum atomic E-state index is 14.1. The normalized spacial score (nSPS) is 11.2. The Morgan fingerprint density at radius 2 is 1.83 bits per heavy atom. The first-order valence-electron chi connectivity index (χ1n) is 15.1. The van der Waals surface area contributed by atoms with Gasteiger partial charge in [-0.15, -0.1) is 6.58 Å². The van der Waals surface area contributed by atoms with Crippen molar-refractivity contribution in [3.05, 3.63) is 125 Å². The van der Waals surface area contributed by atoms with Gasteiger partial charge < -0.3 is 23.9 Å². The third-order valence-corrected chi connectivity index (χ3v) is 7.35. The lowest BCUT2D eigenvalue weighted by Gasteiger charge is -2.17. The smallest absolute Gasteiger partial charge is 0.282 e. The fraction of sp³-hybridized carbons (Fsp3) is 0.135. The molecule has 1 amide bonds. The Hall–Kier alpha value is -6.23. The number of methoxy groups -OCH3 is 1. The van der Waals surface area contributed by atoms with Gasteiger partial charge in [0.25, 0.3) is 11.5 Å². The Labute approximate surface area is 274 Å². The predicted octanol–water partition coefficient (Wildman–Crippen LogP) is 6.98. The average molecular weight is 647 g/mol. The first kappa shape index (κ1) is 31.7. The van der Waals surface area contributed by atoms with Gasteiger partial charge in [-0.2, -0.15) is 9.78 Å². The molecule has 11 heteroatoms. The highest BCUT2D eigenvalue weighted by Gasteiger charge is 2.19. The Morgan fingerprint density at radius 1 is 1.02 bits per heavy atom. The lowest BCUT2D eigenvalue weighted by molar-refractivity contribution is -0.118. The van der Waals surface area contributed by atoms with Crippen LogP contribution in [-0.2, 0) is 11.2 Å². The van der Waals surface area contributed by atoms with E-state index in [0.717, 1.165) is 5.39 Å². The summed E-state index contributed by atoms with van der Waals surface area (Å²) in [5.74, 6) is 0.729. The number of ether oxygens (including phenoxy) is 3. The van der Waals surface area contributed by atoms with Crippen molar-refractivity contribution >= 4 is 39.7 Å². The molecule has 1 N–H and O–H groups in total. The van der Waals surface area contributed by atoms with Gasteiger partial charge in [0.05, 0.1) is 41.9 Å². The van der Waals surface area contributed by atoms with E-state index < -0.39 is 23.9 Å². The Bertz CT molecular complexity index is 2240. The second-order valence-corrected chi connectivity index (χ2v) is 10.5. The molecule has 48 heavy (non-hydrogen) atoms. The highest BCUT2D eigenvalue weighted by atomic mass is 19.1. The van der Waals surface area contributed by atoms with Gasteiger partial charge in [-0.25, -0.2) is 9.37 Å². The number of nitrogens with zero attached hydrogens (tertiary/aromatic N) is 3. The zero-order chi connectivity index (χ0) is 33.6. The number of halogens is 1. The number of para-hydroxylation sites is 2. The third kappa shape index (κ3) is 6.52. The van der Waals surface area contributed by atoms with Crippen LogP contribution in [-0.4, -0.2) is 42.1 Å². The van der Waals surface area contributed by atoms with E-state index in [9.17, 15) is 14.0 Å². The van der Waals surface area contributed by atoms with Crippen LogP contribution in [0.1, 0.15) is 18.1 Å². The second kappa shape index (κ2) is 14.0. The van der Waals surface area contributed by atoms with E-state index in [2.05, 4.69) is 17.0 Å². The zero-order valence-electron chi connectivity index (χ0n) is 26.2. The number of hydrogen-bond acceptors (Lipinski definition) is 8. The van der Waals surface area contributed by atoms with Crippen molar-refractivity contribution in [2.45, 2.75) is 13.3 Å². The van der Waals surface area contributed by atoms with E-state index in [1.165, 1.54) is 29.1 Å². The molecular weight excluding hydrogens is 615 g/mol. The number of nitrogens with one attached hydrogen (secondary N) is 1. The Kier molecular flexibility index (Phi) is 9.28. The van der Waals surface area contributed by atoms with Crippen LogP contribution in [0.15, 0.2) is 112 Å². The molecule has 0 saturated carbocycles. The summed E-state index contributed by atoms with van der Waals surface area (Å²) in [5, 5.41) is 8.20. The van der Waals surface area contributed by atoms with Gasteiger partial charge in [0.1, 0.15) is 17.1 Å². The molecule has 0 aliphatic carbocycles. The fourth-order valence-corrected chi connectivity index (χ4v) is 5.22. The number of amides is 1. The van der Waals surface area contributed by atoms with Crippen molar-refractivity contribution in [1.29, 1.82) is 0 Å². The molecule has 0 spiro atoms. The number of carbonyl (C=O) groups is 1. The molecule has 0 radical (unpaired) electrons. The number of anilines is 1. The monoisotopic (exact) mass is 646 g/mol. The van der Waals surface area contributed by atoms with Crippen LogP contribution in [0.5, 0.6) is 17.2 Å². The molecule has 6 rings (SSSR count). The van der Waals surface area contributed by atoms with Gasteiger partial charge in [-0.05, 0) is 73.5 Å². The summed E-state index contributed by atoms with van der Waals surface area (Å²) in [4.78, 5) is 31.2. The van der Waals surface area contributed by atoms with Crippen molar-refractivity contribution in [2.24, 2.45) is 5.10 Å². The molecule has 0 bridgehead atoms. The summed E-state index contributed by atoms with van der Waals surface area (Å²) >= 11 is 0. The van der Waals surface area contributed by atoms with Crippen LogP contribution in [0.25, 0.3) is 33.5 Å². The molecule has 4 aromatic carbocycles. The van der Waals surface area contributed by atoms with Crippen molar-refractivity contribution in [2.75, 3.05) is 25.6 Å². The number of furan rings is 1. The summed E-state index contributed by atoms with van der Waals surface area (Å²) in [7, 11) is 1.57. The number of hydrogen-bond donors (Lipinski definition) is 1. The summed E-state index contributed by atoms with van der Waals surface area (Å²) in [5.41, 5.74) is 1.95. The maximum Gasteiger partial charge on any atom is 0.282 e. The largest absolute Gasteiger partial charge is 0.496 e. The molecule has 2 heterocycles. The maximum absolute atomic E-state index is 14.1. The lowest BCUT2D eigenvalue weighted by atomic mass is 10.1. The molecule has 10 nitrogen and oxygen atoms in total. The van der Waals surface area contributed by atoms with Crippen LogP contribution >= 0.6 is 0 Å². The minimum absolute atomic E-state index is 0.0496. The Morgan fingerprint density at radius 3 is 2.62 bits per heavy atom. The number of allylic oxidation sites excluding steroid dienone is 1.